The van der Waals surface area contributed by atoms with Gasteiger partial charge >= 0.3 is 0 Å². The number of fused-ring (bicyclic) bond motifs is 3. The highest BCUT2D eigenvalue weighted by Gasteiger charge is 2.66. The second-order valence-corrected chi connectivity index (χ2v) is 17.7. The number of rotatable bonds is 9. The quantitative estimate of drug-likeness (QED) is 0.151. The molecule has 2 aliphatic heterocycles. The molecule has 10 nitrogen and oxygen atoms in total. The van der Waals surface area contributed by atoms with E-state index >= 15 is 4.11 Å². The molecule has 2 N–H and O–H groups in total. The number of halogens is 2. The number of aliphatic hydroxyl groups is 1. The van der Waals surface area contributed by atoms with Crippen molar-refractivity contribution in [3.05, 3.63) is 105 Å². The van der Waals surface area contributed by atoms with E-state index in [0.29, 0.717) is 36.2 Å². The summed E-state index contributed by atoms with van der Waals surface area (Å²) in [5.41, 5.74) is 2.40. The van der Waals surface area contributed by atoms with Crippen LogP contribution in [0.4, 0.5) is 9.80 Å². The predicted octanol–water partition coefficient (Wildman–Crippen LogP) is 5.62. The Labute approximate surface area is 280 Å². The summed E-state index contributed by atoms with van der Waals surface area (Å²) in [6.45, 7) is 5.99. The molecule has 7 rings (SSSR count). The molecular formula is C34H36BrFN6O4Si. The highest BCUT2D eigenvalue weighted by Crippen LogP contribution is 2.60. The van der Waals surface area contributed by atoms with Gasteiger partial charge in [0.15, 0.2) is 5.60 Å². The van der Waals surface area contributed by atoms with Crippen LogP contribution in [0.3, 0.4) is 0 Å². The molecular weight excluding hydrogens is 683 g/mol. The highest BCUT2D eigenvalue weighted by molar-refractivity contribution is 9.10. The molecule has 0 saturated carbocycles. The zero-order chi connectivity index (χ0) is 33.1. The number of anilines is 1. The number of aromatic nitrogens is 5. The summed E-state index contributed by atoms with van der Waals surface area (Å²) in [5.74, 6) is -0.648. The van der Waals surface area contributed by atoms with Gasteiger partial charge in [0.05, 0.1) is 40.6 Å². The minimum Gasteiger partial charge on any atom is -0.396 e. The van der Waals surface area contributed by atoms with Gasteiger partial charge in [0, 0.05) is 47.3 Å². The average molecular weight is 720 g/mol. The molecule has 3 aromatic carbocycles. The maximum Gasteiger partial charge on any atom is 0.279 e. The van der Waals surface area contributed by atoms with Crippen molar-refractivity contribution >= 4 is 46.8 Å². The van der Waals surface area contributed by atoms with Crippen molar-refractivity contribution < 1.29 is 18.7 Å². The van der Waals surface area contributed by atoms with Crippen molar-refractivity contribution in [2.24, 2.45) is 5.92 Å². The number of ether oxygens (including phenoxy) is 1. The van der Waals surface area contributed by atoms with Gasteiger partial charge in [-0.1, -0.05) is 52.3 Å². The predicted molar refractivity (Wildman–Crippen MR) is 183 cm³/mol. The Morgan fingerprint density at radius 2 is 1.91 bits per heavy atom. The molecule has 1 amide bonds. The van der Waals surface area contributed by atoms with Gasteiger partial charge in [0.1, 0.15) is 0 Å². The number of nitrogens with zero attached hydrogens (tertiary/aromatic N) is 5. The lowest BCUT2D eigenvalue weighted by molar-refractivity contribution is -0.146. The van der Waals surface area contributed by atoms with Gasteiger partial charge in [0.25, 0.3) is 11.5 Å². The van der Waals surface area contributed by atoms with Gasteiger partial charge in [-0.2, -0.15) is 0 Å². The molecule has 0 unspecified atom stereocenters. The minimum absolute atomic E-state index is 0.0203. The number of H-pyrrole nitrogens is 1. The van der Waals surface area contributed by atoms with E-state index in [2.05, 4.69) is 31.3 Å². The smallest absolute Gasteiger partial charge is 0.279 e. The van der Waals surface area contributed by atoms with E-state index in [1.807, 2.05) is 67.6 Å². The topological polar surface area (TPSA) is 118 Å². The number of amides is 1. The van der Waals surface area contributed by atoms with Crippen LogP contribution in [0.15, 0.2) is 82.2 Å². The van der Waals surface area contributed by atoms with Crippen LogP contribution in [0.2, 0.25) is 18.6 Å². The van der Waals surface area contributed by atoms with E-state index in [1.54, 1.807) is 34.9 Å². The fourth-order valence-corrected chi connectivity index (χ4v) is 10.5. The van der Waals surface area contributed by atoms with Gasteiger partial charge in [-0.05, 0) is 67.5 Å². The first-order valence-electron chi connectivity index (χ1n) is 15.8. The van der Waals surface area contributed by atoms with E-state index in [4.69, 9.17) is 4.74 Å². The standard InChI is InChI=1S/C34H36BrFN6O4Si/c1-21-31(47(2,3)36)30(13-15-40-20-24(14-16-43)37-39-40)46-34(21)27-18-23(35)11-12-29(27)41(33(34)45)19-22-7-6-8-25(17-22)42-32(44)26-9-4-5-10-28(26)38-42/h4-12,17-18,20-21,30-31,38,43H,13-16,19H2,1-3H3/t21-,30+,31-,34+/m1/s1. The Morgan fingerprint density at radius 1 is 1.11 bits per heavy atom. The van der Waals surface area contributed by atoms with Crippen LogP contribution >= 0.6 is 15.9 Å². The lowest BCUT2D eigenvalue weighted by Crippen LogP contribution is -2.45. The number of aryl methyl sites for hydroxylation is 1. The van der Waals surface area contributed by atoms with E-state index in [1.165, 1.54) is 4.68 Å². The van der Waals surface area contributed by atoms with Crippen LogP contribution in [-0.2, 0) is 34.6 Å². The fourth-order valence-electron chi connectivity index (χ4n) is 7.60. The Bertz CT molecular complexity index is 2040. The van der Waals surface area contributed by atoms with Crippen molar-refractivity contribution in [1.82, 2.24) is 24.8 Å². The summed E-state index contributed by atoms with van der Waals surface area (Å²) in [4.78, 5) is 29.7. The van der Waals surface area contributed by atoms with Crippen molar-refractivity contribution in [2.75, 3.05) is 11.5 Å². The number of carbonyl (C=O) groups excluding carboxylic acids is 1. The summed E-state index contributed by atoms with van der Waals surface area (Å²) in [6, 6.07) is 20.6. The first-order chi connectivity index (χ1) is 22.5. The fraction of sp³-hybridized carbons (Fsp3) is 0.353. The number of hydrogen-bond donors (Lipinski definition) is 2. The van der Waals surface area contributed by atoms with Gasteiger partial charge in [0.2, 0.25) is 8.41 Å². The monoisotopic (exact) mass is 718 g/mol. The highest BCUT2D eigenvalue weighted by atomic mass is 79.9. The van der Waals surface area contributed by atoms with Gasteiger partial charge in [-0.3, -0.25) is 19.4 Å². The number of aliphatic hydroxyl groups excluding tert-OH is 1. The molecule has 13 heteroatoms. The lowest BCUT2D eigenvalue weighted by Gasteiger charge is -2.31. The first kappa shape index (κ1) is 31.7. The largest absolute Gasteiger partial charge is 0.396 e. The number of para-hydroxylation sites is 1. The molecule has 0 bridgehead atoms. The van der Waals surface area contributed by atoms with Crippen LogP contribution in [0, 0.1) is 5.92 Å². The zero-order valence-electron chi connectivity index (χ0n) is 26.4. The second kappa shape index (κ2) is 12.0. The van der Waals surface area contributed by atoms with E-state index < -0.39 is 31.6 Å². The zero-order valence-corrected chi connectivity index (χ0v) is 28.9. The van der Waals surface area contributed by atoms with Gasteiger partial charge < -0.3 is 18.9 Å². The van der Waals surface area contributed by atoms with E-state index in [9.17, 15) is 14.7 Å². The first-order valence-corrected chi connectivity index (χ1v) is 19.5. The molecule has 2 aliphatic rings. The third kappa shape index (κ3) is 5.38. The van der Waals surface area contributed by atoms with E-state index in [-0.39, 0.29) is 24.6 Å². The molecule has 1 saturated heterocycles. The lowest BCUT2D eigenvalue weighted by atomic mass is 9.82. The van der Waals surface area contributed by atoms with Crippen LogP contribution in [-0.4, -0.2) is 56.9 Å². The molecule has 4 heterocycles. The number of carbonyl (C=O) groups is 1. The number of benzene rings is 3. The van der Waals surface area contributed by atoms with Crippen molar-refractivity contribution in [1.29, 1.82) is 0 Å². The van der Waals surface area contributed by atoms with Crippen LogP contribution in [0.25, 0.3) is 16.6 Å². The van der Waals surface area contributed by atoms with Crippen LogP contribution in [0.5, 0.6) is 0 Å². The van der Waals surface area contributed by atoms with Crippen LogP contribution in [0.1, 0.15) is 30.2 Å². The maximum atomic E-state index is 16.2. The van der Waals surface area contributed by atoms with Crippen molar-refractivity contribution in [3.63, 3.8) is 0 Å². The summed E-state index contributed by atoms with van der Waals surface area (Å²) >= 11 is 3.60. The molecule has 4 atom stereocenters. The Kier molecular flexibility index (Phi) is 8.06. The van der Waals surface area contributed by atoms with Crippen molar-refractivity contribution in [3.8, 4) is 5.69 Å². The maximum absolute atomic E-state index is 16.2. The third-order valence-electron chi connectivity index (χ3n) is 9.62. The molecule has 2 aromatic heterocycles. The molecule has 0 aliphatic carbocycles. The van der Waals surface area contributed by atoms with Gasteiger partial charge in [-0.25, -0.2) is 4.68 Å². The Morgan fingerprint density at radius 3 is 2.68 bits per heavy atom. The second-order valence-electron chi connectivity index (χ2n) is 13.0. The van der Waals surface area contributed by atoms with Crippen LogP contribution < -0.4 is 10.5 Å². The van der Waals surface area contributed by atoms with Gasteiger partial charge in [-0.15, -0.1) is 5.10 Å². The molecule has 1 spiro atoms. The summed E-state index contributed by atoms with van der Waals surface area (Å²) in [7, 11) is -3.34. The third-order valence-corrected chi connectivity index (χ3v) is 12.6. The molecule has 47 heavy (non-hydrogen) atoms. The molecule has 0 radical (unpaired) electrons. The molecule has 1 fully saturated rings. The molecule has 244 valence electrons. The normalized spacial score (nSPS) is 22.6. The average Bonchev–Trinajstić information content (AvgIpc) is 3.77. The Balaban J connectivity index is 1.22. The van der Waals surface area contributed by atoms with E-state index in [0.717, 1.165) is 26.8 Å². The summed E-state index contributed by atoms with van der Waals surface area (Å²) in [5, 5.41) is 21.3. The number of hydrogen-bond acceptors (Lipinski definition) is 6. The summed E-state index contributed by atoms with van der Waals surface area (Å²) in [6.07, 6.45) is 2.13. The molecule has 5 aromatic rings. The number of aromatic amines is 1. The number of nitrogens with one attached hydrogen (secondary N) is 1. The van der Waals surface area contributed by atoms with Crippen molar-refractivity contribution in [2.45, 2.75) is 63.2 Å². The SMILES string of the molecule is C[C@@H]1[C@@H]([Si](C)(C)F)[C@H](CCn2cc(CCO)nn2)O[C@@]12C(=O)N(Cc1cccc(-n3[nH]c4ccccc4c3=O)c1)c1ccc(Br)cc12. The minimum atomic E-state index is -3.34. The Hall–Kier alpha value is -3.91. The summed E-state index contributed by atoms with van der Waals surface area (Å²) < 4.78 is 27.1.